The van der Waals surface area contributed by atoms with Crippen LogP contribution in [0, 0.1) is 5.41 Å². The predicted molar refractivity (Wildman–Crippen MR) is 87.0 cm³/mol. The lowest BCUT2D eigenvalue weighted by molar-refractivity contribution is -0.158. The van der Waals surface area contributed by atoms with Crippen molar-refractivity contribution >= 4 is 5.97 Å². The molecular formula is C19H19NO3. The number of benzene rings is 1. The smallest absolute Gasteiger partial charge is 0.316 e. The molecule has 1 aromatic carbocycles. The standard InChI is InChI=1S/C19H19NO3/c1-2-19(12-7-13-19)18(21)22-14-15-8-6-11-17(20-15)23-16-9-4-3-5-10-16/h2-6,8-11H,1,7,12-14H2. The van der Waals surface area contributed by atoms with Crippen molar-refractivity contribution in [1.29, 1.82) is 0 Å². The summed E-state index contributed by atoms with van der Waals surface area (Å²) in [5.41, 5.74) is 0.170. The van der Waals surface area contributed by atoms with Gasteiger partial charge in [-0.05, 0) is 31.0 Å². The summed E-state index contributed by atoms with van der Waals surface area (Å²) < 4.78 is 11.1. The molecule has 0 saturated heterocycles. The van der Waals surface area contributed by atoms with Gasteiger partial charge in [-0.25, -0.2) is 4.98 Å². The summed E-state index contributed by atoms with van der Waals surface area (Å²) in [6, 6.07) is 14.9. The number of rotatable bonds is 6. The highest BCUT2D eigenvalue weighted by molar-refractivity contribution is 5.80. The van der Waals surface area contributed by atoms with Crippen LogP contribution in [-0.4, -0.2) is 11.0 Å². The van der Waals surface area contributed by atoms with Crippen molar-refractivity contribution in [1.82, 2.24) is 4.98 Å². The van der Waals surface area contributed by atoms with Crippen LogP contribution in [0.1, 0.15) is 25.0 Å². The molecule has 3 rings (SSSR count). The molecule has 0 aliphatic heterocycles. The van der Waals surface area contributed by atoms with E-state index in [1.54, 1.807) is 12.1 Å². The minimum absolute atomic E-state index is 0.139. The lowest BCUT2D eigenvalue weighted by atomic mass is 9.69. The molecule has 0 atom stereocenters. The van der Waals surface area contributed by atoms with E-state index in [1.165, 1.54) is 0 Å². The van der Waals surface area contributed by atoms with Crippen LogP contribution < -0.4 is 4.74 Å². The van der Waals surface area contributed by atoms with Gasteiger partial charge in [0.2, 0.25) is 5.88 Å². The third kappa shape index (κ3) is 3.42. The summed E-state index contributed by atoms with van der Waals surface area (Å²) in [5.74, 6) is 0.982. The zero-order valence-electron chi connectivity index (χ0n) is 12.9. The van der Waals surface area contributed by atoms with Crippen molar-refractivity contribution in [3.05, 3.63) is 66.9 Å². The summed E-state index contributed by atoms with van der Waals surface area (Å²) in [6.07, 6.45) is 4.39. The maximum Gasteiger partial charge on any atom is 0.316 e. The van der Waals surface area contributed by atoms with Gasteiger partial charge in [0.1, 0.15) is 12.4 Å². The Kier molecular flexibility index (Phi) is 4.42. The van der Waals surface area contributed by atoms with Gasteiger partial charge in [-0.1, -0.05) is 36.8 Å². The molecule has 0 amide bonds. The highest BCUT2D eigenvalue weighted by Gasteiger charge is 2.42. The molecule has 0 radical (unpaired) electrons. The lowest BCUT2D eigenvalue weighted by Gasteiger charge is -2.36. The number of ether oxygens (including phenoxy) is 2. The number of hydrogen-bond acceptors (Lipinski definition) is 4. The van der Waals surface area contributed by atoms with Gasteiger partial charge in [-0.15, -0.1) is 6.58 Å². The van der Waals surface area contributed by atoms with Gasteiger partial charge < -0.3 is 9.47 Å². The molecule has 1 saturated carbocycles. The second-order valence-corrected chi connectivity index (χ2v) is 5.67. The molecule has 0 bridgehead atoms. The molecule has 1 heterocycles. The Morgan fingerprint density at radius 1 is 1.17 bits per heavy atom. The van der Waals surface area contributed by atoms with Crippen LogP contribution in [0.3, 0.4) is 0 Å². The van der Waals surface area contributed by atoms with Crippen LogP contribution in [0.5, 0.6) is 11.6 Å². The Labute approximate surface area is 135 Å². The third-order valence-corrected chi connectivity index (χ3v) is 4.14. The fourth-order valence-corrected chi connectivity index (χ4v) is 2.54. The Balaban J connectivity index is 1.61. The molecule has 0 unspecified atom stereocenters. The van der Waals surface area contributed by atoms with Crippen LogP contribution >= 0.6 is 0 Å². The minimum atomic E-state index is -0.488. The van der Waals surface area contributed by atoms with E-state index in [0.29, 0.717) is 17.3 Å². The maximum atomic E-state index is 12.2. The molecule has 0 N–H and O–H groups in total. The number of pyridine rings is 1. The summed E-state index contributed by atoms with van der Waals surface area (Å²) in [6.45, 7) is 3.89. The Morgan fingerprint density at radius 2 is 1.96 bits per heavy atom. The Hall–Kier alpha value is -2.62. The molecule has 1 aliphatic carbocycles. The fraction of sp³-hybridized carbons (Fsp3) is 0.263. The summed E-state index contributed by atoms with van der Waals surface area (Å²) >= 11 is 0. The molecule has 23 heavy (non-hydrogen) atoms. The first-order valence-electron chi connectivity index (χ1n) is 7.71. The molecule has 1 aromatic heterocycles. The van der Waals surface area contributed by atoms with Gasteiger partial charge >= 0.3 is 5.97 Å². The van der Waals surface area contributed by atoms with E-state index in [0.717, 1.165) is 19.3 Å². The van der Waals surface area contributed by atoms with Gasteiger partial charge in [-0.2, -0.15) is 0 Å². The normalized spacial score (nSPS) is 15.3. The largest absolute Gasteiger partial charge is 0.459 e. The second kappa shape index (κ2) is 6.65. The van der Waals surface area contributed by atoms with E-state index in [4.69, 9.17) is 9.47 Å². The van der Waals surface area contributed by atoms with Gasteiger partial charge in [-0.3, -0.25) is 4.79 Å². The number of esters is 1. The zero-order valence-corrected chi connectivity index (χ0v) is 12.9. The number of nitrogens with zero attached hydrogens (tertiary/aromatic N) is 1. The van der Waals surface area contributed by atoms with E-state index in [9.17, 15) is 4.79 Å². The number of aromatic nitrogens is 1. The van der Waals surface area contributed by atoms with E-state index >= 15 is 0 Å². The van der Waals surface area contributed by atoms with Crippen LogP contribution in [0.25, 0.3) is 0 Å². The first kappa shape index (κ1) is 15.3. The molecule has 4 nitrogen and oxygen atoms in total. The summed E-state index contributed by atoms with van der Waals surface area (Å²) in [4.78, 5) is 16.5. The quantitative estimate of drug-likeness (QED) is 0.590. The molecule has 1 fully saturated rings. The zero-order chi connectivity index (χ0) is 16.1. The number of carbonyl (C=O) groups is 1. The molecule has 0 spiro atoms. The number of para-hydroxylation sites is 1. The summed E-state index contributed by atoms with van der Waals surface area (Å²) in [7, 11) is 0. The highest BCUT2D eigenvalue weighted by atomic mass is 16.5. The van der Waals surface area contributed by atoms with Crippen molar-refractivity contribution in [3.63, 3.8) is 0 Å². The highest BCUT2D eigenvalue weighted by Crippen LogP contribution is 2.43. The van der Waals surface area contributed by atoms with Crippen LogP contribution in [-0.2, 0) is 16.1 Å². The first-order chi connectivity index (χ1) is 11.2. The van der Waals surface area contributed by atoms with E-state index in [-0.39, 0.29) is 12.6 Å². The predicted octanol–water partition coefficient (Wildman–Crippen LogP) is 4.27. The SMILES string of the molecule is C=CC1(C(=O)OCc2cccc(Oc3ccccc3)n2)CCC1. The number of hydrogen-bond donors (Lipinski definition) is 0. The van der Waals surface area contributed by atoms with E-state index in [1.807, 2.05) is 42.5 Å². The Bertz CT molecular complexity index is 693. The first-order valence-corrected chi connectivity index (χ1v) is 7.71. The van der Waals surface area contributed by atoms with Gasteiger partial charge in [0.25, 0.3) is 0 Å². The molecule has 2 aromatic rings. The minimum Gasteiger partial charge on any atom is -0.459 e. The van der Waals surface area contributed by atoms with Gasteiger partial charge in [0, 0.05) is 6.07 Å². The molecule has 118 valence electrons. The molecule has 1 aliphatic rings. The van der Waals surface area contributed by atoms with Crippen molar-refractivity contribution in [2.75, 3.05) is 0 Å². The second-order valence-electron chi connectivity index (χ2n) is 5.67. The topological polar surface area (TPSA) is 48.4 Å². The van der Waals surface area contributed by atoms with Crippen molar-refractivity contribution < 1.29 is 14.3 Å². The average molecular weight is 309 g/mol. The lowest BCUT2D eigenvalue weighted by Crippen LogP contribution is -2.37. The van der Waals surface area contributed by atoms with Crippen LogP contribution in [0.4, 0.5) is 0 Å². The van der Waals surface area contributed by atoms with Crippen molar-refractivity contribution in [2.45, 2.75) is 25.9 Å². The van der Waals surface area contributed by atoms with Crippen molar-refractivity contribution in [3.8, 4) is 11.6 Å². The van der Waals surface area contributed by atoms with Gasteiger partial charge in [0.15, 0.2) is 0 Å². The number of carbonyl (C=O) groups excluding carboxylic acids is 1. The average Bonchev–Trinajstić information content (AvgIpc) is 2.54. The van der Waals surface area contributed by atoms with Crippen molar-refractivity contribution in [2.24, 2.45) is 5.41 Å². The van der Waals surface area contributed by atoms with E-state index < -0.39 is 5.41 Å². The molecule has 4 heteroatoms. The maximum absolute atomic E-state index is 12.2. The monoisotopic (exact) mass is 309 g/mol. The van der Waals surface area contributed by atoms with Crippen LogP contribution in [0.15, 0.2) is 61.2 Å². The fourth-order valence-electron chi connectivity index (χ4n) is 2.54. The van der Waals surface area contributed by atoms with Gasteiger partial charge in [0.05, 0.1) is 11.1 Å². The molecular weight excluding hydrogens is 290 g/mol. The van der Waals surface area contributed by atoms with E-state index in [2.05, 4.69) is 11.6 Å². The van der Waals surface area contributed by atoms with Crippen LogP contribution in [0.2, 0.25) is 0 Å². The third-order valence-electron chi connectivity index (χ3n) is 4.14. The summed E-state index contributed by atoms with van der Waals surface area (Å²) in [5, 5.41) is 0. The Morgan fingerprint density at radius 3 is 2.61 bits per heavy atom.